The normalized spacial score (nSPS) is 11.2. The molecule has 2 aromatic heterocycles. The summed E-state index contributed by atoms with van der Waals surface area (Å²) in [7, 11) is 0. The first-order valence-electron chi connectivity index (χ1n) is 5.90. The average molecular weight is 265 g/mol. The molecule has 0 saturated heterocycles. The van der Waals surface area contributed by atoms with Gasteiger partial charge < -0.3 is 5.73 Å². The molecule has 0 aliphatic heterocycles. The van der Waals surface area contributed by atoms with Crippen LogP contribution in [0.3, 0.4) is 0 Å². The summed E-state index contributed by atoms with van der Waals surface area (Å²) in [6, 6.07) is 1.65. The molecule has 0 spiro atoms. The van der Waals surface area contributed by atoms with Gasteiger partial charge in [0.15, 0.2) is 5.82 Å². The van der Waals surface area contributed by atoms with Gasteiger partial charge in [-0.2, -0.15) is 0 Å². The Hall–Kier alpha value is -1.33. The number of thiazole rings is 1. The average Bonchev–Trinajstić information content (AvgIpc) is 2.71. The van der Waals surface area contributed by atoms with Crippen LogP contribution in [0.5, 0.6) is 0 Å². The third-order valence-corrected chi connectivity index (χ3v) is 3.72. The molecular formula is C13H16FN3S. The van der Waals surface area contributed by atoms with Crippen LogP contribution in [0.2, 0.25) is 0 Å². The molecule has 0 fully saturated rings. The molecule has 0 aliphatic carbocycles. The van der Waals surface area contributed by atoms with Crippen molar-refractivity contribution in [2.75, 3.05) is 0 Å². The minimum atomic E-state index is -0.342. The van der Waals surface area contributed by atoms with Gasteiger partial charge in [-0.3, -0.25) is 4.98 Å². The second-order valence-corrected chi connectivity index (χ2v) is 5.63. The van der Waals surface area contributed by atoms with Gasteiger partial charge >= 0.3 is 0 Å². The van der Waals surface area contributed by atoms with E-state index in [1.54, 1.807) is 12.3 Å². The van der Waals surface area contributed by atoms with E-state index in [1.807, 2.05) is 0 Å². The first-order chi connectivity index (χ1) is 8.61. The molecule has 3 nitrogen and oxygen atoms in total. The molecule has 18 heavy (non-hydrogen) atoms. The monoisotopic (exact) mass is 265 g/mol. The first-order valence-corrected chi connectivity index (χ1v) is 6.72. The van der Waals surface area contributed by atoms with Crippen LogP contribution >= 0.6 is 11.3 Å². The largest absolute Gasteiger partial charge is 0.326 e. The van der Waals surface area contributed by atoms with Gasteiger partial charge in [-0.1, -0.05) is 13.8 Å². The number of aromatic nitrogens is 2. The second kappa shape index (κ2) is 5.54. The fourth-order valence-corrected chi connectivity index (χ4v) is 2.75. The Morgan fingerprint density at radius 2 is 2.22 bits per heavy atom. The number of hydrogen-bond acceptors (Lipinski definition) is 4. The predicted molar refractivity (Wildman–Crippen MR) is 71.7 cm³/mol. The van der Waals surface area contributed by atoms with Crippen molar-refractivity contribution in [3.63, 3.8) is 0 Å². The lowest BCUT2D eigenvalue weighted by atomic mass is 10.1. The van der Waals surface area contributed by atoms with Gasteiger partial charge in [0, 0.05) is 23.2 Å². The Kier molecular flexibility index (Phi) is 4.04. The van der Waals surface area contributed by atoms with Gasteiger partial charge in [0.25, 0.3) is 0 Å². The van der Waals surface area contributed by atoms with Crippen molar-refractivity contribution in [2.45, 2.75) is 26.8 Å². The number of halogens is 1. The minimum absolute atomic E-state index is 0.342. The van der Waals surface area contributed by atoms with E-state index < -0.39 is 0 Å². The summed E-state index contributed by atoms with van der Waals surface area (Å²) in [5, 5.41) is 0.686. The van der Waals surface area contributed by atoms with Crippen LogP contribution in [-0.4, -0.2) is 9.97 Å². The summed E-state index contributed by atoms with van der Waals surface area (Å²) in [5.41, 5.74) is 7.21. The number of rotatable bonds is 4. The minimum Gasteiger partial charge on any atom is -0.326 e. The summed E-state index contributed by atoms with van der Waals surface area (Å²) in [6.45, 7) is 4.71. The predicted octanol–water partition coefficient (Wildman–Crippen LogP) is 3.00. The van der Waals surface area contributed by atoms with Crippen LogP contribution in [0, 0.1) is 11.7 Å². The lowest BCUT2D eigenvalue weighted by Gasteiger charge is -2.02. The van der Waals surface area contributed by atoms with E-state index in [0.717, 1.165) is 17.0 Å². The Morgan fingerprint density at radius 3 is 2.83 bits per heavy atom. The number of hydrogen-bond donors (Lipinski definition) is 1. The van der Waals surface area contributed by atoms with E-state index in [9.17, 15) is 4.39 Å². The molecule has 5 heteroatoms. The Morgan fingerprint density at radius 1 is 1.44 bits per heavy atom. The third-order valence-electron chi connectivity index (χ3n) is 2.57. The van der Waals surface area contributed by atoms with E-state index in [2.05, 4.69) is 23.8 Å². The van der Waals surface area contributed by atoms with Gasteiger partial charge in [0.2, 0.25) is 0 Å². The number of nitrogens with two attached hydrogens (primary N) is 1. The molecular weight excluding hydrogens is 249 g/mol. The summed E-state index contributed by atoms with van der Waals surface area (Å²) in [6.07, 6.45) is 3.65. The van der Waals surface area contributed by atoms with E-state index in [1.165, 1.54) is 17.5 Å². The summed E-state index contributed by atoms with van der Waals surface area (Å²) >= 11 is 1.46. The van der Waals surface area contributed by atoms with Crippen molar-refractivity contribution in [1.82, 2.24) is 9.97 Å². The fraction of sp³-hybridized carbons (Fsp3) is 0.385. The summed E-state index contributed by atoms with van der Waals surface area (Å²) in [5.74, 6) is 0.165. The summed E-state index contributed by atoms with van der Waals surface area (Å²) < 4.78 is 13.7. The SMILES string of the molecule is CC(C)Cc1nc(-c2ccncc2F)sc1CN. The highest BCUT2D eigenvalue weighted by molar-refractivity contribution is 7.15. The van der Waals surface area contributed by atoms with Gasteiger partial charge in [0.05, 0.1) is 11.9 Å². The number of nitrogens with zero attached hydrogens (tertiary/aromatic N) is 2. The maximum absolute atomic E-state index is 13.7. The Bertz CT molecular complexity index is 537. The number of pyridine rings is 1. The fourth-order valence-electron chi connectivity index (χ4n) is 1.75. The zero-order valence-corrected chi connectivity index (χ0v) is 11.3. The van der Waals surface area contributed by atoms with Crippen molar-refractivity contribution < 1.29 is 4.39 Å². The van der Waals surface area contributed by atoms with Crippen molar-refractivity contribution in [3.05, 3.63) is 34.8 Å². The Labute approximate surface area is 110 Å². The van der Waals surface area contributed by atoms with Crippen molar-refractivity contribution >= 4 is 11.3 Å². The van der Waals surface area contributed by atoms with Gasteiger partial charge in [0.1, 0.15) is 5.01 Å². The van der Waals surface area contributed by atoms with Gasteiger partial charge in [-0.25, -0.2) is 9.37 Å². The maximum Gasteiger partial charge on any atom is 0.151 e. The third kappa shape index (κ3) is 2.73. The van der Waals surface area contributed by atoms with E-state index in [0.29, 0.717) is 23.0 Å². The lowest BCUT2D eigenvalue weighted by molar-refractivity contribution is 0.623. The molecule has 2 rings (SSSR count). The molecule has 0 saturated carbocycles. The second-order valence-electron chi connectivity index (χ2n) is 4.55. The molecule has 2 N–H and O–H groups in total. The van der Waals surface area contributed by atoms with E-state index in [-0.39, 0.29) is 5.82 Å². The van der Waals surface area contributed by atoms with Crippen LogP contribution in [-0.2, 0) is 13.0 Å². The van der Waals surface area contributed by atoms with Crippen LogP contribution in [0.1, 0.15) is 24.4 Å². The van der Waals surface area contributed by atoms with Gasteiger partial charge in [-0.05, 0) is 18.4 Å². The molecule has 0 radical (unpaired) electrons. The molecule has 0 unspecified atom stereocenters. The molecule has 2 aromatic rings. The van der Waals surface area contributed by atoms with Crippen molar-refractivity contribution in [1.29, 1.82) is 0 Å². The quantitative estimate of drug-likeness (QED) is 0.924. The van der Waals surface area contributed by atoms with E-state index in [4.69, 9.17) is 5.73 Å². The van der Waals surface area contributed by atoms with Gasteiger partial charge in [-0.15, -0.1) is 11.3 Å². The summed E-state index contributed by atoms with van der Waals surface area (Å²) in [4.78, 5) is 9.31. The van der Waals surface area contributed by atoms with Crippen LogP contribution in [0.4, 0.5) is 4.39 Å². The standard InChI is InChI=1S/C13H16FN3S/c1-8(2)5-11-12(6-15)18-13(17-11)9-3-4-16-7-10(9)14/h3-4,7-8H,5-6,15H2,1-2H3. The molecule has 0 aromatic carbocycles. The van der Waals surface area contributed by atoms with Crippen molar-refractivity contribution in [3.8, 4) is 10.6 Å². The molecule has 2 heterocycles. The molecule has 0 atom stereocenters. The molecule has 96 valence electrons. The lowest BCUT2D eigenvalue weighted by Crippen LogP contribution is -2.02. The van der Waals surface area contributed by atoms with E-state index >= 15 is 0 Å². The smallest absolute Gasteiger partial charge is 0.151 e. The molecule has 0 aliphatic rings. The van der Waals surface area contributed by atoms with Crippen LogP contribution in [0.25, 0.3) is 10.6 Å². The van der Waals surface area contributed by atoms with Crippen LogP contribution < -0.4 is 5.73 Å². The van der Waals surface area contributed by atoms with Crippen LogP contribution in [0.15, 0.2) is 18.5 Å². The zero-order chi connectivity index (χ0) is 13.1. The maximum atomic E-state index is 13.7. The zero-order valence-electron chi connectivity index (χ0n) is 10.5. The Balaban J connectivity index is 2.41. The first kappa shape index (κ1) is 13.1. The van der Waals surface area contributed by atoms with Crippen molar-refractivity contribution in [2.24, 2.45) is 11.7 Å². The molecule has 0 amide bonds. The topological polar surface area (TPSA) is 51.8 Å². The highest BCUT2D eigenvalue weighted by Gasteiger charge is 2.15. The highest BCUT2D eigenvalue weighted by Crippen LogP contribution is 2.30. The molecule has 0 bridgehead atoms. The highest BCUT2D eigenvalue weighted by atomic mass is 32.1.